The minimum atomic E-state index is -2.83. The monoisotopic (exact) mass is 560 g/mol. The molecule has 2 N–H and O–H groups in total. The fraction of sp³-hybridized carbons (Fsp3) is 0.240. The Hall–Kier alpha value is -3.68. The molecular formula is C25H24F2N5O4S2-. The Bertz CT molecular complexity index is 1470. The summed E-state index contributed by atoms with van der Waals surface area (Å²) in [7, 11) is 3.25. The van der Waals surface area contributed by atoms with Gasteiger partial charge in [-0.05, 0) is 49.1 Å². The van der Waals surface area contributed by atoms with Gasteiger partial charge in [0.15, 0.2) is 5.82 Å². The zero-order valence-electron chi connectivity index (χ0n) is 20.5. The molecule has 13 heteroatoms. The number of anilines is 3. The van der Waals surface area contributed by atoms with E-state index < -0.39 is 34.5 Å². The molecule has 0 spiro atoms. The summed E-state index contributed by atoms with van der Waals surface area (Å²) in [5.74, 6) is -1.77. The quantitative estimate of drug-likeness (QED) is 0.198. The number of aryl methyl sites for hydroxylation is 1. The van der Waals surface area contributed by atoms with Gasteiger partial charge in [0.25, 0.3) is 5.91 Å². The molecule has 2 aromatic carbocycles. The topological polar surface area (TPSA) is 120 Å². The summed E-state index contributed by atoms with van der Waals surface area (Å²) >= 11 is -1.62. The van der Waals surface area contributed by atoms with Gasteiger partial charge in [-0.15, -0.1) is 11.3 Å². The maximum absolute atomic E-state index is 15.4. The number of aromatic nitrogens is 2. The second-order valence-electron chi connectivity index (χ2n) is 8.13. The van der Waals surface area contributed by atoms with Crippen LogP contribution in [0.25, 0.3) is 10.2 Å². The zero-order valence-corrected chi connectivity index (χ0v) is 22.1. The molecule has 0 bridgehead atoms. The number of fused-ring (bicyclic) bond motifs is 1. The van der Waals surface area contributed by atoms with Crippen molar-refractivity contribution in [3.63, 3.8) is 0 Å². The summed E-state index contributed by atoms with van der Waals surface area (Å²) in [6, 6.07) is 9.45. The van der Waals surface area contributed by atoms with E-state index in [1.165, 1.54) is 23.0 Å². The van der Waals surface area contributed by atoms with E-state index in [1.807, 2.05) is 24.3 Å². The second-order valence-corrected chi connectivity index (χ2v) is 9.89. The van der Waals surface area contributed by atoms with Crippen LogP contribution in [0.1, 0.15) is 28.8 Å². The minimum absolute atomic E-state index is 0.0267. The lowest BCUT2D eigenvalue weighted by Gasteiger charge is -2.27. The number of halogens is 2. The third-order valence-corrected chi connectivity index (χ3v) is 7.54. The number of ether oxygens (including phenoxy) is 1. The van der Waals surface area contributed by atoms with Crippen LogP contribution < -0.4 is 19.7 Å². The smallest absolute Gasteiger partial charge is 0.258 e. The van der Waals surface area contributed by atoms with Crippen LogP contribution in [0.15, 0.2) is 48.1 Å². The Morgan fingerprint density at radius 2 is 1.92 bits per heavy atom. The molecule has 38 heavy (non-hydrogen) atoms. The molecule has 2 aromatic heterocycles. The van der Waals surface area contributed by atoms with E-state index in [1.54, 1.807) is 14.2 Å². The normalized spacial score (nSPS) is 11.8. The molecule has 2 heterocycles. The highest BCUT2D eigenvalue weighted by atomic mass is 32.2. The second kappa shape index (κ2) is 12.2. The highest BCUT2D eigenvalue weighted by Gasteiger charge is 2.23. The number of thiophene rings is 1. The van der Waals surface area contributed by atoms with Gasteiger partial charge in [-0.2, -0.15) is 0 Å². The van der Waals surface area contributed by atoms with E-state index in [4.69, 9.17) is 4.74 Å². The summed E-state index contributed by atoms with van der Waals surface area (Å²) in [4.78, 5) is 21.1. The third kappa shape index (κ3) is 5.90. The van der Waals surface area contributed by atoms with Crippen molar-refractivity contribution < 1.29 is 27.1 Å². The van der Waals surface area contributed by atoms with Gasteiger partial charge in [0.05, 0.1) is 28.6 Å². The number of rotatable bonds is 11. The average Bonchev–Trinajstić information content (AvgIpc) is 3.36. The molecule has 200 valence electrons. The third-order valence-electron chi connectivity index (χ3n) is 5.83. The van der Waals surface area contributed by atoms with E-state index in [9.17, 15) is 17.9 Å². The molecule has 1 atom stereocenters. The van der Waals surface area contributed by atoms with Crippen LogP contribution in [0.3, 0.4) is 0 Å². The Morgan fingerprint density at radius 1 is 1.16 bits per heavy atom. The Kier molecular flexibility index (Phi) is 8.81. The predicted octanol–water partition coefficient (Wildman–Crippen LogP) is 4.90. The predicted molar refractivity (Wildman–Crippen MR) is 143 cm³/mol. The molecule has 0 aliphatic carbocycles. The number of methoxy groups -OCH3 is 1. The van der Waals surface area contributed by atoms with E-state index in [0.717, 1.165) is 27.8 Å². The fourth-order valence-corrected chi connectivity index (χ4v) is 5.45. The largest absolute Gasteiger partial charge is 0.755 e. The summed E-state index contributed by atoms with van der Waals surface area (Å²) in [6.45, 7) is -0.0267. The molecule has 0 radical (unpaired) electrons. The summed E-state index contributed by atoms with van der Waals surface area (Å²) in [5.41, 5.74) is 0.364. The van der Waals surface area contributed by atoms with Gasteiger partial charge in [-0.25, -0.2) is 18.7 Å². The number of carbonyl (C=O) groups is 1. The molecule has 0 saturated carbocycles. The lowest BCUT2D eigenvalue weighted by molar-refractivity contribution is 0.102. The van der Waals surface area contributed by atoms with Crippen molar-refractivity contribution >= 4 is 55.9 Å². The molecule has 0 fully saturated rings. The van der Waals surface area contributed by atoms with Crippen LogP contribution in [-0.4, -0.2) is 45.3 Å². The Balaban J connectivity index is 1.49. The maximum atomic E-state index is 15.4. The number of unbranched alkanes of at least 4 members (excludes halogenated alkanes) is 1. The highest BCUT2D eigenvalue weighted by molar-refractivity contribution is 7.80. The summed E-state index contributed by atoms with van der Waals surface area (Å²) in [5, 5.41) is 6.65. The van der Waals surface area contributed by atoms with Crippen molar-refractivity contribution in [3.05, 3.63) is 70.9 Å². The van der Waals surface area contributed by atoms with Crippen molar-refractivity contribution in [3.8, 4) is 5.75 Å². The Labute approximate surface area is 224 Å². The van der Waals surface area contributed by atoms with Crippen LogP contribution >= 0.6 is 11.3 Å². The lowest BCUT2D eigenvalue weighted by Crippen LogP contribution is -2.28. The number of hydrogen-bond acceptors (Lipinski definition) is 8. The van der Waals surface area contributed by atoms with E-state index in [0.29, 0.717) is 35.3 Å². The molecule has 0 aliphatic rings. The first kappa shape index (κ1) is 27.4. The Morgan fingerprint density at radius 3 is 2.61 bits per heavy atom. The van der Waals surface area contributed by atoms with Gasteiger partial charge >= 0.3 is 0 Å². The number of amides is 1. The van der Waals surface area contributed by atoms with Crippen LogP contribution in [-0.2, 0) is 17.7 Å². The lowest BCUT2D eigenvalue weighted by atomic mass is 10.1. The minimum Gasteiger partial charge on any atom is -0.755 e. The van der Waals surface area contributed by atoms with Crippen LogP contribution in [0.5, 0.6) is 5.75 Å². The molecule has 4 aromatic rings. The summed E-state index contributed by atoms with van der Waals surface area (Å²) < 4.78 is 60.5. The van der Waals surface area contributed by atoms with Gasteiger partial charge in [0.2, 0.25) is 0 Å². The van der Waals surface area contributed by atoms with E-state index in [-0.39, 0.29) is 17.8 Å². The number of nitrogens with zero attached hydrogens (tertiary/aromatic N) is 3. The molecular weight excluding hydrogens is 536 g/mol. The van der Waals surface area contributed by atoms with Gasteiger partial charge < -0.3 is 19.9 Å². The first-order valence-corrected chi connectivity index (χ1v) is 13.4. The fourth-order valence-electron chi connectivity index (χ4n) is 3.87. The molecule has 0 saturated heterocycles. The zero-order chi connectivity index (χ0) is 27.2. The number of carbonyl (C=O) groups excluding carboxylic acids is 1. The van der Waals surface area contributed by atoms with Crippen LogP contribution in [0, 0.1) is 11.6 Å². The molecule has 9 nitrogen and oxygen atoms in total. The molecule has 1 unspecified atom stereocenters. The van der Waals surface area contributed by atoms with Gasteiger partial charge in [-0.3, -0.25) is 13.3 Å². The van der Waals surface area contributed by atoms with E-state index >= 15 is 4.39 Å². The van der Waals surface area contributed by atoms with Crippen molar-refractivity contribution in [1.29, 1.82) is 0 Å². The number of benzene rings is 2. The van der Waals surface area contributed by atoms with Gasteiger partial charge in [0, 0.05) is 30.2 Å². The van der Waals surface area contributed by atoms with Crippen molar-refractivity contribution in [2.45, 2.75) is 19.3 Å². The standard InChI is InChI=1S/C25H25F2N5O4S2/c1-28-24-23-21(29-14-30-24)17(13-37-23)25(33)31-22-18(26)10-11-19(20(22)27)32(38(34)35)12-4-3-5-15-6-8-16(36-2)9-7-15/h6-11,13-14H,3-5,12H2,1-2H3,(H,31,33)(H,34,35)(H,28,29,30)/p-1. The van der Waals surface area contributed by atoms with Crippen molar-refractivity contribution in [2.75, 3.05) is 35.6 Å². The number of hydrogen-bond donors (Lipinski definition) is 2. The summed E-state index contributed by atoms with van der Waals surface area (Å²) in [6.07, 6.45) is 3.01. The van der Waals surface area contributed by atoms with Gasteiger partial charge in [-0.1, -0.05) is 12.1 Å². The molecule has 0 aliphatic heterocycles. The first-order chi connectivity index (χ1) is 18.3. The van der Waals surface area contributed by atoms with Gasteiger partial charge in [0.1, 0.15) is 29.4 Å². The molecule has 1 amide bonds. The molecule has 4 rings (SSSR count). The SMILES string of the molecule is CNc1ncnc2c(C(=O)Nc3c(F)ccc(N(CCCCc4ccc(OC)cc4)S(=O)[O-])c3F)csc12. The number of nitrogens with one attached hydrogen (secondary N) is 2. The first-order valence-electron chi connectivity index (χ1n) is 11.5. The van der Waals surface area contributed by atoms with Crippen molar-refractivity contribution in [2.24, 2.45) is 0 Å². The van der Waals surface area contributed by atoms with Crippen molar-refractivity contribution in [1.82, 2.24) is 9.97 Å². The maximum Gasteiger partial charge on any atom is 0.258 e. The average molecular weight is 561 g/mol. The van der Waals surface area contributed by atoms with Crippen LogP contribution in [0.4, 0.5) is 26.0 Å². The highest BCUT2D eigenvalue weighted by Crippen LogP contribution is 2.32. The van der Waals surface area contributed by atoms with Crippen LogP contribution in [0.2, 0.25) is 0 Å². The van der Waals surface area contributed by atoms with E-state index in [2.05, 4.69) is 20.6 Å².